The predicted octanol–water partition coefficient (Wildman–Crippen LogP) is 0.391. The third kappa shape index (κ3) is 4.07. The van der Waals surface area contributed by atoms with Gasteiger partial charge in [0, 0.05) is 6.54 Å². The van der Waals surface area contributed by atoms with Crippen LogP contribution in [0.15, 0.2) is 0 Å². The second-order valence-electron chi connectivity index (χ2n) is 4.34. The highest BCUT2D eigenvalue weighted by Crippen LogP contribution is 2.13. The normalized spacial score (nSPS) is 12.7. The van der Waals surface area contributed by atoms with Crippen molar-refractivity contribution in [3.05, 3.63) is 0 Å². The fourth-order valence-electron chi connectivity index (χ4n) is 0.973. The summed E-state index contributed by atoms with van der Waals surface area (Å²) in [4.78, 5) is 11.4. The van der Waals surface area contributed by atoms with Gasteiger partial charge in [0.05, 0.1) is 11.1 Å². The summed E-state index contributed by atoms with van der Waals surface area (Å²) in [6, 6.07) is 0. The van der Waals surface area contributed by atoms with Gasteiger partial charge in [-0.25, -0.2) is 0 Å². The minimum absolute atomic E-state index is 0.238. The Morgan fingerprint density at radius 1 is 1.36 bits per heavy atom. The Balaban J connectivity index is 4.12. The molecule has 0 radical (unpaired) electrons. The Labute approximate surface area is 85.9 Å². The van der Waals surface area contributed by atoms with Gasteiger partial charge in [0.2, 0.25) is 5.91 Å². The molecule has 0 fully saturated rings. The van der Waals surface area contributed by atoms with E-state index in [4.69, 9.17) is 5.73 Å². The molecule has 4 nitrogen and oxygen atoms in total. The van der Waals surface area contributed by atoms with Crippen LogP contribution in [0.25, 0.3) is 0 Å². The van der Waals surface area contributed by atoms with Crippen molar-refractivity contribution < 1.29 is 9.90 Å². The van der Waals surface area contributed by atoms with E-state index in [1.165, 1.54) is 0 Å². The largest absolute Gasteiger partial charge is 0.388 e. The lowest BCUT2D eigenvalue weighted by Crippen LogP contribution is -2.53. The van der Waals surface area contributed by atoms with Gasteiger partial charge in [0.25, 0.3) is 0 Å². The van der Waals surface area contributed by atoms with Gasteiger partial charge in [-0.05, 0) is 26.7 Å². The van der Waals surface area contributed by atoms with E-state index >= 15 is 0 Å². The zero-order valence-corrected chi connectivity index (χ0v) is 9.55. The number of nitrogens with one attached hydrogen (secondary N) is 1. The highest BCUT2D eigenvalue weighted by atomic mass is 16.3. The molecule has 0 aliphatic carbocycles. The first-order valence-electron chi connectivity index (χ1n) is 5.04. The summed E-state index contributed by atoms with van der Waals surface area (Å²) < 4.78 is 0. The molecule has 0 bridgehead atoms. The lowest BCUT2D eigenvalue weighted by molar-refractivity contribution is -0.126. The van der Waals surface area contributed by atoms with Gasteiger partial charge in [-0.1, -0.05) is 13.8 Å². The molecular weight excluding hydrogens is 180 g/mol. The maximum Gasteiger partial charge on any atom is 0.239 e. The van der Waals surface area contributed by atoms with Crippen molar-refractivity contribution in [3.8, 4) is 0 Å². The predicted molar refractivity (Wildman–Crippen MR) is 56.8 cm³/mol. The SMILES string of the molecule is CCC(O)(CC)CNC(=O)C(C)(C)N. The third-order valence-electron chi connectivity index (χ3n) is 2.48. The second-order valence-corrected chi connectivity index (χ2v) is 4.34. The highest BCUT2D eigenvalue weighted by Gasteiger charge is 2.27. The molecule has 0 spiro atoms. The topological polar surface area (TPSA) is 75.3 Å². The van der Waals surface area contributed by atoms with Crippen LogP contribution in [0.5, 0.6) is 0 Å². The molecule has 0 aliphatic rings. The lowest BCUT2D eigenvalue weighted by Gasteiger charge is -2.27. The van der Waals surface area contributed by atoms with Crippen LogP contribution >= 0.6 is 0 Å². The van der Waals surface area contributed by atoms with E-state index in [1.807, 2.05) is 13.8 Å². The van der Waals surface area contributed by atoms with Gasteiger partial charge < -0.3 is 16.2 Å². The van der Waals surface area contributed by atoms with Crippen LogP contribution in [0.4, 0.5) is 0 Å². The van der Waals surface area contributed by atoms with Crippen LogP contribution in [0.3, 0.4) is 0 Å². The molecule has 14 heavy (non-hydrogen) atoms. The number of carbonyl (C=O) groups is 1. The highest BCUT2D eigenvalue weighted by molar-refractivity contribution is 5.85. The summed E-state index contributed by atoms with van der Waals surface area (Å²) in [5, 5.41) is 12.5. The van der Waals surface area contributed by atoms with Crippen LogP contribution in [0.2, 0.25) is 0 Å². The summed E-state index contributed by atoms with van der Waals surface area (Å²) in [5.41, 5.74) is 3.91. The fourth-order valence-corrected chi connectivity index (χ4v) is 0.973. The van der Waals surface area contributed by atoms with Gasteiger partial charge in [-0.15, -0.1) is 0 Å². The van der Waals surface area contributed by atoms with Crippen molar-refractivity contribution in [2.45, 2.75) is 51.7 Å². The van der Waals surface area contributed by atoms with E-state index in [0.717, 1.165) is 0 Å². The molecule has 0 aromatic carbocycles. The summed E-state index contributed by atoms with van der Waals surface area (Å²) in [6.45, 7) is 7.32. The summed E-state index contributed by atoms with van der Waals surface area (Å²) >= 11 is 0. The van der Waals surface area contributed by atoms with Gasteiger partial charge in [0.1, 0.15) is 0 Å². The monoisotopic (exact) mass is 202 g/mol. The smallest absolute Gasteiger partial charge is 0.239 e. The Morgan fingerprint density at radius 2 is 1.79 bits per heavy atom. The molecule has 0 unspecified atom stereocenters. The van der Waals surface area contributed by atoms with Crippen molar-refractivity contribution in [2.24, 2.45) is 5.73 Å². The molecule has 0 atom stereocenters. The van der Waals surface area contributed by atoms with Gasteiger partial charge in [-0.3, -0.25) is 4.79 Å². The molecule has 4 N–H and O–H groups in total. The van der Waals surface area contributed by atoms with Crippen molar-refractivity contribution in [2.75, 3.05) is 6.54 Å². The van der Waals surface area contributed by atoms with E-state index in [9.17, 15) is 9.90 Å². The fraction of sp³-hybridized carbons (Fsp3) is 0.900. The van der Waals surface area contributed by atoms with E-state index in [2.05, 4.69) is 5.32 Å². The zero-order chi connectivity index (χ0) is 11.4. The minimum Gasteiger partial charge on any atom is -0.388 e. The molecule has 0 heterocycles. The molecule has 0 saturated carbocycles. The molecule has 1 amide bonds. The number of rotatable bonds is 5. The number of aliphatic hydroxyl groups is 1. The Morgan fingerprint density at radius 3 is 2.07 bits per heavy atom. The van der Waals surface area contributed by atoms with E-state index in [0.29, 0.717) is 12.8 Å². The molecule has 0 rings (SSSR count). The Hall–Kier alpha value is -0.610. The maximum absolute atomic E-state index is 11.4. The zero-order valence-electron chi connectivity index (χ0n) is 9.55. The quantitative estimate of drug-likeness (QED) is 0.603. The van der Waals surface area contributed by atoms with Gasteiger partial charge in [-0.2, -0.15) is 0 Å². The van der Waals surface area contributed by atoms with E-state index in [1.54, 1.807) is 13.8 Å². The molecule has 4 heteroatoms. The third-order valence-corrected chi connectivity index (χ3v) is 2.48. The number of amides is 1. The van der Waals surface area contributed by atoms with Crippen molar-refractivity contribution in [1.29, 1.82) is 0 Å². The number of hydrogen-bond acceptors (Lipinski definition) is 3. The Kier molecular flexibility index (Phi) is 4.55. The first-order chi connectivity index (χ1) is 6.25. The summed E-state index contributed by atoms with van der Waals surface area (Å²) in [5.74, 6) is -0.238. The van der Waals surface area contributed by atoms with Crippen LogP contribution in [0.1, 0.15) is 40.5 Å². The number of hydrogen-bond donors (Lipinski definition) is 3. The lowest BCUT2D eigenvalue weighted by atomic mass is 9.97. The summed E-state index contributed by atoms with van der Waals surface area (Å²) in [6.07, 6.45) is 1.24. The second kappa shape index (κ2) is 4.75. The molecule has 84 valence electrons. The van der Waals surface area contributed by atoms with Gasteiger partial charge in [0.15, 0.2) is 0 Å². The van der Waals surface area contributed by atoms with Gasteiger partial charge >= 0.3 is 0 Å². The molecule has 0 aromatic heterocycles. The van der Waals surface area contributed by atoms with Crippen LogP contribution in [-0.2, 0) is 4.79 Å². The molecule has 0 aromatic rings. The van der Waals surface area contributed by atoms with Crippen LogP contribution in [0, 0.1) is 0 Å². The van der Waals surface area contributed by atoms with Crippen molar-refractivity contribution >= 4 is 5.91 Å². The van der Waals surface area contributed by atoms with E-state index < -0.39 is 11.1 Å². The van der Waals surface area contributed by atoms with Crippen LogP contribution in [-0.4, -0.2) is 28.7 Å². The van der Waals surface area contributed by atoms with Crippen molar-refractivity contribution in [3.63, 3.8) is 0 Å². The Bertz CT molecular complexity index is 193. The number of nitrogens with two attached hydrogens (primary N) is 1. The molecule has 0 saturated heterocycles. The van der Waals surface area contributed by atoms with Crippen LogP contribution < -0.4 is 11.1 Å². The first kappa shape index (κ1) is 13.4. The van der Waals surface area contributed by atoms with Crippen molar-refractivity contribution in [1.82, 2.24) is 5.32 Å². The minimum atomic E-state index is -0.887. The molecule has 0 aliphatic heterocycles. The standard InChI is InChI=1S/C10H22N2O2/c1-5-10(14,6-2)7-12-8(13)9(3,4)11/h14H,5-7,11H2,1-4H3,(H,12,13). The first-order valence-corrected chi connectivity index (χ1v) is 5.04. The summed E-state index contributed by atoms with van der Waals surface area (Å²) in [7, 11) is 0. The number of carbonyl (C=O) groups excluding carboxylic acids is 1. The van der Waals surface area contributed by atoms with E-state index in [-0.39, 0.29) is 12.5 Å². The maximum atomic E-state index is 11.4. The average Bonchev–Trinajstić information content (AvgIpc) is 2.12. The average molecular weight is 202 g/mol. The molecular formula is C10H22N2O2.